The number of rotatable bonds is 8. The van der Waals surface area contributed by atoms with E-state index in [1.54, 1.807) is 6.92 Å². The van der Waals surface area contributed by atoms with Crippen LogP contribution in [-0.2, 0) is 14.0 Å². The molecule has 0 aromatic carbocycles. The first-order chi connectivity index (χ1) is 10.4. The number of carbonyl (C=O) groups excluding carboxylic acids is 1. The minimum atomic E-state index is -1.77. The molecule has 0 heterocycles. The Balaban J connectivity index is 4.93. The Bertz CT molecular complexity index is 430. The van der Waals surface area contributed by atoms with E-state index < -0.39 is 8.32 Å². The van der Waals surface area contributed by atoms with Gasteiger partial charge in [-0.15, -0.1) is 0 Å². The quantitative estimate of drug-likeness (QED) is 0.254. The van der Waals surface area contributed by atoms with E-state index in [2.05, 4.69) is 53.8 Å². The molecule has 0 unspecified atom stereocenters. The Morgan fingerprint density at radius 1 is 1.17 bits per heavy atom. The molecule has 23 heavy (non-hydrogen) atoms. The van der Waals surface area contributed by atoms with E-state index in [-0.39, 0.29) is 17.1 Å². The van der Waals surface area contributed by atoms with Crippen LogP contribution in [0.15, 0.2) is 23.8 Å². The summed E-state index contributed by atoms with van der Waals surface area (Å²) in [7, 11) is -1.77. The fraction of sp³-hybridized carbons (Fsp3) is 0.737. The highest BCUT2D eigenvalue weighted by molar-refractivity contribution is 6.74. The molecule has 2 atom stereocenters. The molecule has 0 aliphatic rings. The first-order valence-electron chi connectivity index (χ1n) is 8.65. The number of esters is 1. The van der Waals surface area contributed by atoms with E-state index in [9.17, 15) is 4.79 Å². The molecule has 0 aliphatic heterocycles. The number of ether oxygens (including phenoxy) is 1. The van der Waals surface area contributed by atoms with Gasteiger partial charge in [-0.1, -0.05) is 52.3 Å². The zero-order chi connectivity index (χ0) is 18.3. The first-order valence-corrected chi connectivity index (χ1v) is 11.6. The zero-order valence-electron chi connectivity index (χ0n) is 16.5. The van der Waals surface area contributed by atoms with Gasteiger partial charge < -0.3 is 9.16 Å². The lowest BCUT2D eigenvalue weighted by atomic mass is 10.00. The van der Waals surface area contributed by atoms with Gasteiger partial charge in [0.05, 0.1) is 12.7 Å². The molecule has 4 heteroatoms. The summed E-state index contributed by atoms with van der Waals surface area (Å²) in [5.74, 6) is 0.0124. The summed E-state index contributed by atoms with van der Waals surface area (Å²) in [6.45, 7) is 19.9. The van der Waals surface area contributed by atoms with Crippen molar-refractivity contribution in [1.29, 1.82) is 0 Å². The van der Waals surface area contributed by atoms with Crippen molar-refractivity contribution in [3.8, 4) is 0 Å². The molecule has 0 spiro atoms. The van der Waals surface area contributed by atoms with Crippen molar-refractivity contribution in [2.24, 2.45) is 5.92 Å². The second kappa shape index (κ2) is 9.43. The highest BCUT2D eigenvalue weighted by Crippen LogP contribution is 2.38. The van der Waals surface area contributed by atoms with E-state index in [0.717, 1.165) is 12.0 Å². The fourth-order valence-electron chi connectivity index (χ4n) is 2.09. The lowest BCUT2D eigenvalue weighted by Crippen LogP contribution is -2.45. The molecule has 0 aromatic heterocycles. The third-order valence-electron chi connectivity index (χ3n) is 4.54. The molecule has 0 N–H and O–H groups in total. The predicted octanol–water partition coefficient (Wildman–Crippen LogP) is 5.49. The molecule has 0 aromatic rings. The van der Waals surface area contributed by atoms with Crippen LogP contribution in [0.25, 0.3) is 0 Å². The van der Waals surface area contributed by atoms with Crippen LogP contribution in [0, 0.1) is 5.92 Å². The Hall–Kier alpha value is -0.873. The van der Waals surface area contributed by atoms with E-state index in [0.29, 0.717) is 12.5 Å². The van der Waals surface area contributed by atoms with Gasteiger partial charge in [-0.25, -0.2) is 4.79 Å². The van der Waals surface area contributed by atoms with Crippen LogP contribution in [-0.4, -0.2) is 27.0 Å². The smallest absolute Gasteiger partial charge is 0.330 e. The average molecular weight is 341 g/mol. The number of hydrogen-bond acceptors (Lipinski definition) is 3. The van der Waals surface area contributed by atoms with Gasteiger partial charge in [0.1, 0.15) is 0 Å². The van der Waals surface area contributed by atoms with Gasteiger partial charge in [0.25, 0.3) is 0 Å². The van der Waals surface area contributed by atoms with Gasteiger partial charge in [0.2, 0.25) is 0 Å². The third-order valence-corrected chi connectivity index (χ3v) is 9.04. The molecule has 0 saturated heterocycles. The minimum absolute atomic E-state index is 0.210. The number of carbonyl (C=O) groups is 1. The topological polar surface area (TPSA) is 35.5 Å². The summed E-state index contributed by atoms with van der Waals surface area (Å²) in [5.41, 5.74) is 1.06. The lowest BCUT2D eigenvalue weighted by Gasteiger charge is -2.40. The first kappa shape index (κ1) is 22.1. The molecule has 0 radical (unpaired) electrons. The molecule has 134 valence electrons. The largest absolute Gasteiger partial charge is 0.463 e. The number of hydrogen-bond donors (Lipinski definition) is 0. The van der Waals surface area contributed by atoms with Crippen LogP contribution in [0.3, 0.4) is 0 Å². The van der Waals surface area contributed by atoms with Crippen molar-refractivity contribution in [2.75, 3.05) is 6.61 Å². The van der Waals surface area contributed by atoms with E-state index in [1.807, 2.05) is 13.0 Å². The van der Waals surface area contributed by atoms with Gasteiger partial charge in [-0.05, 0) is 44.3 Å². The Kier molecular flexibility index (Phi) is 9.07. The monoisotopic (exact) mass is 340 g/mol. The van der Waals surface area contributed by atoms with E-state index in [1.165, 1.54) is 6.08 Å². The maximum Gasteiger partial charge on any atom is 0.330 e. The number of allylic oxidation sites excluding steroid dienone is 2. The maximum absolute atomic E-state index is 11.4. The lowest BCUT2D eigenvalue weighted by molar-refractivity contribution is -0.137. The van der Waals surface area contributed by atoms with Gasteiger partial charge in [-0.3, -0.25) is 0 Å². The standard InChI is InChI=1S/C19H36O3Si/c1-10-17(22-23(8,9)19(5,6)7)16(4)14-15(3)12-13-18(20)21-11-2/h12-14,16-17H,10-11H2,1-9H3/b13-12+,15-14+/t16-,17+/m0/s1. The second-order valence-electron chi connectivity index (χ2n) is 7.68. The average Bonchev–Trinajstić information content (AvgIpc) is 2.41. The maximum atomic E-state index is 11.4. The Labute approximate surface area is 144 Å². The van der Waals surface area contributed by atoms with Crippen LogP contribution in [0.5, 0.6) is 0 Å². The van der Waals surface area contributed by atoms with Crippen LogP contribution in [0.4, 0.5) is 0 Å². The SMILES string of the molecule is CCOC(=O)/C=C/C(C)=C/[C@H](C)[C@@H](CC)O[Si](C)(C)C(C)(C)C. The van der Waals surface area contributed by atoms with Crippen molar-refractivity contribution >= 4 is 14.3 Å². The van der Waals surface area contributed by atoms with Crippen molar-refractivity contribution in [2.45, 2.75) is 79.1 Å². The molecule has 0 fully saturated rings. The summed E-state index contributed by atoms with van der Waals surface area (Å²) in [5, 5.41) is 0.211. The predicted molar refractivity (Wildman–Crippen MR) is 101 cm³/mol. The summed E-state index contributed by atoms with van der Waals surface area (Å²) in [6, 6.07) is 0. The third kappa shape index (κ3) is 7.98. The van der Waals surface area contributed by atoms with Crippen LogP contribution < -0.4 is 0 Å². The van der Waals surface area contributed by atoms with Crippen LogP contribution in [0.1, 0.15) is 54.9 Å². The zero-order valence-corrected chi connectivity index (χ0v) is 17.5. The van der Waals surface area contributed by atoms with E-state index in [4.69, 9.17) is 9.16 Å². The molecule has 0 bridgehead atoms. The van der Waals surface area contributed by atoms with Gasteiger partial charge in [0.15, 0.2) is 8.32 Å². The van der Waals surface area contributed by atoms with E-state index >= 15 is 0 Å². The van der Waals surface area contributed by atoms with Crippen molar-refractivity contribution in [3.05, 3.63) is 23.8 Å². The van der Waals surface area contributed by atoms with Crippen molar-refractivity contribution in [1.82, 2.24) is 0 Å². The second-order valence-corrected chi connectivity index (χ2v) is 12.4. The van der Waals surface area contributed by atoms with Crippen molar-refractivity contribution < 1.29 is 14.0 Å². The fourth-order valence-corrected chi connectivity index (χ4v) is 3.58. The highest BCUT2D eigenvalue weighted by atomic mass is 28.4. The van der Waals surface area contributed by atoms with Crippen LogP contribution >= 0.6 is 0 Å². The molecule has 0 amide bonds. The van der Waals surface area contributed by atoms with Gasteiger partial charge in [-0.2, -0.15) is 0 Å². The Morgan fingerprint density at radius 3 is 2.17 bits per heavy atom. The normalized spacial score (nSPS) is 16.5. The van der Waals surface area contributed by atoms with Crippen molar-refractivity contribution in [3.63, 3.8) is 0 Å². The van der Waals surface area contributed by atoms with Gasteiger partial charge in [0, 0.05) is 6.08 Å². The summed E-state index contributed by atoms with van der Waals surface area (Å²) in [6.07, 6.45) is 6.67. The highest BCUT2D eigenvalue weighted by Gasteiger charge is 2.39. The molecular weight excluding hydrogens is 304 g/mol. The summed E-state index contributed by atoms with van der Waals surface area (Å²) < 4.78 is 11.5. The van der Waals surface area contributed by atoms with Gasteiger partial charge >= 0.3 is 5.97 Å². The molecule has 0 rings (SSSR count). The molecule has 0 aliphatic carbocycles. The molecule has 0 saturated carbocycles. The molecule has 3 nitrogen and oxygen atoms in total. The summed E-state index contributed by atoms with van der Waals surface area (Å²) >= 11 is 0. The molecular formula is C19H36O3Si. The minimum Gasteiger partial charge on any atom is -0.463 e. The summed E-state index contributed by atoms with van der Waals surface area (Å²) in [4.78, 5) is 11.4. The van der Waals surface area contributed by atoms with Crippen LogP contribution in [0.2, 0.25) is 18.1 Å². The Morgan fingerprint density at radius 2 is 1.74 bits per heavy atom.